The Bertz CT molecular complexity index is 1140. The number of hydrogen-bond acceptors (Lipinski definition) is 5. The highest BCUT2D eigenvalue weighted by Crippen LogP contribution is 2.27. The Hall–Kier alpha value is -3.39. The number of H-pyrrole nitrogens is 2. The van der Waals surface area contributed by atoms with Gasteiger partial charge in [-0.1, -0.05) is 0 Å². The number of fused-ring (bicyclic) bond motifs is 1. The first kappa shape index (κ1) is 18.0. The number of hydrogen-bond donors (Lipinski definition) is 4. The van der Waals surface area contributed by atoms with Crippen LogP contribution in [0.2, 0.25) is 0 Å². The van der Waals surface area contributed by atoms with Crippen LogP contribution in [0.5, 0.6) is 0 Å². The molecule has 0 radical (unpaired) electrons. The quantitative estimate of drug-likeness (QED) is 0.369. The van der Waals surface area contributed by atoms with Crippen LogP contribution in [0, 0.1) is 6.92 Å². The lowest BCUT2D eigenvalue weighted by Gasteiger charge is -2.09. The van der Waals surface area contributed by atoms with Crippen LogP contribution in [0.3, 0.4) is 0 Å². The maximum atomic E-state index is 12.5. The van der Waals surface area contributed by atoms with Crippen LogP contribution in [0.25, 0.3) is 28.1 Å². The van der Waals surface area contributed by atoms with Gasteiger partial charge in [0.15, 0.2) is 0 Å². The van der Waals surface area contributed by atoms with Gasteiger partial charge in [-0.05, 0) is 43.5 Å². The van der Waals surface area contributed by atoms with Crippen molar-refractivity contribution in [1.29, 1.82) is 0 Å². The highest BCUT2D eigenvalue weighted by Gasteiger charge is 2.15. The van der Waals surface area contributed by atoms with E-state index in [2.05, 4.69) is 20.3 Å². The molecule has 8 heteroatoms. The lowest BCUT2D eigenvalue weighted by atomic mass is 10.2. The Morgan fingerprint density at radius 3 is 2.96 bits per heavy atom. The minimum absolute atomic E-state index is 0.159. The van der Waals surface area contributed by atoms with Crippen LogP contribution in [0.4, 0.5) is 5.69 Å². The van der Waals surface area contributed by atoms with Crippen molar-refractivity contribution in [3.05, 3.63) is 59.0 Å². The van der Waals surface area contributed by atoms with Gasteiger partial charge >= 0.3 is 0 Å². The summed E-state index contributed by atoms with van der Waals surface area (Å²) in [5.74, 6) is 0.521. The number of aliphatic hydroxyl groups excluding tert-OH is 1. The first-order valence-corrected chi connectivity index (χ1v) is 9.23. The molecule has 0 amide bonds. The Kier molecular flexibility index (Phi) is 4.94. The summed E-state index contributed by atoms with van der Waals surface area (Å²) in [7, 11) is 0. The van der Waals surface area contributed by atoms with Gasteiger partial charge in [0.05, 0.1) is 23.0 Å². The van der Waals surface area contributed by atoms with Crippen molar-refractivity contribution in [1.82, 2.24) is 24.5 Å². The fourth-order valence-corrected chi connectivity index (χ4v) is 3.27. The molecule has 8 nitrogen and oxygen atoms in total. The van der Waals surface area contributed by atoms with Crippen molar-refractivity contribution in [3.8, 4) is 17.1 Å². The molecule has 4 rings (SSSR count). The lowest BCUT2D eigenvalue weighted by molar-refractivity contribution is 0.286. The van der Waals surface area contributed by atoms with Gasteiger partial charge in [0, 0.05) is 37.4 Å². The van der Waals surface area contributed by atoms with Crippen LogP contribution < -0.4 is 10.9 Å². The average Bonchev–Trinajstić information content (AvgIpc) is 3.35. The zero-order valence-electron chi connectivity index (χ0n) is 15.6. The number of imidazole rings is 2. The van der Waals surface area contributed by atoms with Crippen LogP contribution >= 0.6 is 0 Å². The third-order valence-electron chi connectivity index (χ3n) is 4.66. The summed E-state index contributed by atoms with van der Waals surface area (Å²) in [6.45, 7) is 2.82. The summed E-state index contributed by atoms with van der Waals surface area (Å²) < 4.78 is 1.93. The molecule has 28 heavy (non-hydrogen) atoms. The van der Waals surface area contributed by atoms with Crippen molar-refractivity contribution < 1.29 is 5.11 Å². The number of nitrogens with zero attached hydrogens (tertiary/aromatic N) is 3. The highest BCUT2D eigenvalue weighted by atomic mass is 16.2. The molecule has 0 aliphatic rings. The number of aromatic amines is 2. The molecule has 0 atom stereocenters. The molecule has 0 spiro atoms. The van der Waals surface area contributed by atoms with E-state index in [0.717, 1.165) is 28.7 Å². The van der Waals surface area contributed by atoms with E-state index in [1.165, 1.54) is 0 Å². The first-order chi connectivity index (χ1) is 13.7. The number of nitrogens with one attached hydrogen (secondary N) is 3. The van der Waals surface area contributed by atoms with E-state index in [9.17, 15) is 4.79 Å². The average molecular weight is 378 g/mol. The summed E-state index contributed by atoms with van der Waals surface area (Å²) in [4.78, 5) is 27.3. The number of pyridine rings is 1. The highest BCUT2D eigenvalue weighted by molar-refractivity contribution is 5.86. The second kappa shape index (κ2) is 7.69. The predicted octanol–water partition coefficient (Wildman–Crippen LogP) is 2.60. The molecule has 0 saturated carbocycles. The van der Waals surface area contributed by atoms with Crippen molar-refractivity contribution in [3.63, 3.8) is 0 Å². The lowest BCUT2D eigenvalue weighted by Crippen LogP contribution is -2.13. The number of benzene rings is 1. The summed E-state index contributed by atoms with van der Waals surface area (Å²) >= 11 is 0. The molecule has 0 aliphatic carbocycles. The molecular formula is C20H22N6O2. The van der Waals surface area contributed by atoms with E-state index in [4.69, 9.17) is 10.1 Å². The van der Waals surface area contributed by atoms with E-state index in [1.807, 2.05) is 35.9 Å². The maximum Gasteiger partial charge on any atom is 0.261 e. The first-order valence-electron chi connectivity index (χ1n) is 9.23. The zero-order valence-corrected chi connectivity index (χ0v) is 15.6. The van der Waals surface area contributed by atoms with Gasteiger partial charge in [-0.3, -0.25) is 4.79 Å². The Labute approximate surface area is 161 Å². The molecule has 0 bridgehead atoms. The van der Waals surface area contributed by atoms with Crippen molar-refractivity contribution in [2.75, 3.05) is 18.5 Å². The summed E-state index contributed by atoms with van der Waals surface area (Å²) in [5, 5.41) is 12.2. The molecule has 0 saturated heterocycles. The van der Waals surface area contributed by atoms with Crippen LogP contribution in [-0.4, -0.2) is 42.8 Å². The second-order valence-electron chi connectivity index (χ2n) is 6.67. The number of aliphatic hydroxyl groups is 1. The van der Waals surface area contributed by atoms with Gasteiger partial charge in [0.2, 0.25) is 0 Å². The molecule has 0 fully saturated rings. The smallest absolute Gasteiger partial charge is 0.261 e. The standard InChI is InChI=1S/C20H22N6O2/c1-13-10-14(26-8-7-21-12-26)11-16-18(13)25-19(24-16)17-15(4-6-23-20(17)28)22-5-2-3-9-27/h4,6-8,10-12,27H,2-3,5,9H2,1H3,(H,24,25)(H2,22,23,28). The fraction of sp³-hybridized carbons (Fsp3) is 0.250. The Morgan fingerprint density at radius 2 is 2.18 bits per heavy atom. The van der Waals surface area contributed by atoms with Crippen LogP contribution in [0.1, 0.15) is 18.4 Å². The third kappa shape index (κ3) is 3.41. The molecule has 3 heterocycles. The minimum atomic E-state index is -0.210. The fourth-order valence-electron chi connectivity index (χ4n) is 3.27. The molecule has 144 valence electrons. The van der Waals surface area contributed by atoms with Gasteiger partial charge in [-0.15, -0.1) is 0 Å². The molecule has 1 aromatic carbocycles. The number of rotatable bonds is 7. The van der Waals surface area contributed by atoms with Gasteiger partial charge in [0.1, 0.15) is 11.4 Å². The molecule has 4 N–H and O–H groups in total. The van der Waals surface area contributed by atoms with E-state index < -0.39 is 0 Å². The van der Waals surface area contributed by atoms with E-state index in [1.54, 1.807) is 18.7 Å². The normalized spacial score (nSPS) is 11.2. The number of aryl methyl sites for hydroxylation is 1. The SMILES string of the molecule is Cc1cc(-n2ccnc2)cc2[nH]c(-c3c(NCCCCO)cc[nH]c3=O)nc12. The summed E-state index contributed by atoms with van der Waals surface area (Å²) in [6.07, 6.45) is 8.51. The monoisotopic (exact) mass is 378 g/mol. The molecule has 0 unspecified atom stereocenters. The van der Waals surface area contributed by atoms with Crippen molar-refractivity contribution in [2.45, 2.75) is 19.8 Å². The van der Waals surface area contributed by atoms with Crippen molar-refractivity contribution in [2.24, 2.45) is 0 Å². The van der Waals surface area contributed by atoms with Crippen LogP contribution in [0.15, 0.2) is 47.9 Å². The second-order valence-corrected chi connectivity index (χ2v) is 6.67. The van der Waals surface area contributed by atoms with Gasteiger partial charge in [-0.2, -0.15) is 0 Å². The molecule has 3 aromatic heterocycles. The van der Waals surface area contributed by atoms with Gasteiger partial charge in [0.25, 0.3) is 5.56 Å². The Balaban J connectivity index is 1.75. The Morgan fingerprint density at radius 1 is 1.29 bits per heavy atom. The molecular weight excluding hydrogens is 356 g/mol. The van der Waals surface area contributed by atoms with Crippen molar-refractivity contribution >= 4 is 16.7 Å². The zero-order chi connectivity index (χ0) is 19.5. The summed E-state index contributed by atoms with van der Waals surface area (Å²) in [6, 6.07) is 5.86. The predicted molar refractivity (Wildman–Crippen MR) is 109 cm³/mol. The maximum absolute atomic E-state index is 12.5. The third-order valence-corrected chi connectivity index (χ3v) is 4.66. The van der Waals surface area contributed by atoms with Gasteiger partial charge in [-0.25, -0.2) is 9.97 Å². The molecule has 0 aliphatic heterocycles. The molecule has 4 aromatic rings. The number of unbranched alkanes of at least 4 members (excludes halogenated alkanes) is 1. The topological polar surface area (TPSA) is 112 Å². The largest absolute Gasteiger partial charge is 0.396 e. The van der Waals surface area contributed by atoms with Gasteiger partial charge < -0.3 is 25.0 Å². The summed E-state index contributed by atoms with van der Waals surface area (Å²) in [5.41, 5.74) is 4.65. The van der Waals surface area contributed by atoms with E-state index >= 15 is 0 Å². The van der Waals surface area contributed by atoms with Crippen LogP contribution in [-0.2, 0) is 0 Å². The number of aromatic nitrogens is 5. The van der Waals surface area contributed by atoms with E-state index in [0.29, 0.717) is 30.0 Å². The number of anilines is 1. The van der Waals surface area contributed by atoms with E-state index in [-0.39, 0.29) is 12.2 Å². The minimum Gasteiger partial charge on any atom is -0.396 e.